The summed E-state index contributed by atoms with van der Waals surface area (Å²) in [5.74, 6) is -0.203. The first-order chi connectivity index (χ1) is 9.38. The van der Waals surface area contributed by atoms with Gasteiger partial charge in [0.25, 0.3) is 5.91 Å². The number of carbonyl (C=O) groups is 1. The number of aromatic amines is 1. The zero-order valence-corrected chi connectivity index (χ0v) is 12.5. The van der Waals surface area contributed by atoms with Crippen LogP contribution in [-0.4, -0.2) is 42.5 Å². The van der Waals surface area contributed by atoms with Gasteiger partial charge in [-0.2, -0.15) is 0 Å². The van der Waals surface area contributed by atoms with E-state index < -0.39 is 0 Å². The summed E-state index contributed by atoms with van der Waals surface area (Å²) in [6.45, 7) is 6.79. The quantitative estimate of drug-likeness (QED) is 0.871. The molecule has 1 aromatic rings. The second-order valence-electron chi connectivity index (χ2n) is 6.23. The average molecular weight is 277 g/mol. The number of hydrogen-bond donors (Lipinski definition) is 2. The summed E-state index contributed by atoms with van der Waals surface area (Å²) in [4.78, 5) is 28.4. The van der Waals surface area contributed by atoms with Crippen LogP contribution in [0.2, 0.25) is 0 Å². The van der Waals surface area contributed by atoms with E-state index in [2.05, 4.69) is 29.2 Å². The van der Waals surface area contributed by atoms with Gasteiger partial charge in [-0.05, 0) is 56.9 Å². The standard InChI is InChI=1S/C15H23N3O2/c1-11-8-12(17-13(19)9-11)14(20)16-10-15(2)4-6-18(3)7-5-15/h8-9H,4-7,10H2,1-3H3,(H,16,20)(H,17,19). The zero-order valence-electron chi connectivity index (χ0n) is 12.5. The average Bonchev–Trinajstić information content (AvgIpc) is 2.39. The molecule has 2 rings (SSSR count). The summed E-state index contributed by atoms with van der Waals surface area (Å²) >= 11 is 0. The van der Waals surface area contributed by atoms with Crippen molar-refractivity contribution < 1.29 is 4.79 Å². The Hall–Kier alpha value is -1.62. The molecule has 1 aromatic heterocycles. The predicted octanol–water partition coefficient (Wildman–Crippen LogP) is 1.15. The van der Waals surface area contributed by atoms with Gasteiger partial charge >= 0.3 is 0 Å². The highest BCUT2D eigenvalue weighted by Gasteiger charge is 2.29. The molecule has 2 N–H and O–H groups in total. The van der Waals surface area contributed by atoms with Crippen molar-refractivity contribution >= 4 is 5.91 Å². The maximum atomic E-state index is 12.1. The molecule has 0 aliphatic carbocycles. The number of piperidine rings is 1. The Morgan fingerprint density at radius 1 is 1.40 bits per heavy atom. The first-order valence-corrected chi connectivity index (χ1v) is 7.06. The van der Waals surface area contributed by atoms with Gasteiger partial charge in [0.15, 0.2) is 0 Å². The number of aromatic nitrogens is 1. The van der Waals surface area contributed by atoms with Gasteiger partial charge in [-0.3, -0.25) is 9.59 Å². The maximum absolute atomic E-state index is 12.1. The van der Waals surface area contributed by atoms with E-state index in [0.717, 1.165) is 31.5 Å². The molecule has 20 heavy (non-hydrogen) atoms. The normalized spacial score (nSPS) is 18.8. The highest BCUT2D eigenvalue weighted by Crippen LogP contribution is 2.29. The van der Waals surface area contributed by atoms with Crippen LogP contribution in [0.15, 0.2) is 16.9 Å². The fraction of sp³-hybridized carbons (Fsp3) is 0.600. The Balaban J connectivity index is 1.96. The molecule has 1 aliphatic rings. The molecule has 0 saturated carbocycles. The number of aryl methyl sites for hydroxylation is 1. The van der Waals surface area contributed by atoms with Gasteiger partial charge in [-0.1, -0.05) is 6.92 Å². The van der Waals surface area contributed by atoms with Gasteiger partial charge in [-0.25, -0.2) is 0 Å². The van der Waals surface area contributed by atoms with E-state index >= 15 is 0 Å². The van der Waals surface area contributed by atoms with Crippen molar-refractivity contribution in [2.75, 3.05) is 26.7 Å². The molecule has 0 radical (unpaired) electrons. The number of H-pyrrole nitrogens is 1. The first kappa shape index (κ1) is 14.8. The molecule has 1 fully saturated rings. The van der Waals surface area contributed by atoms with Gasteiger partial charge in [0.05, 0.1) is 0 Å². The van der Waals surface area contributed by atoms with Crippen LogP contribution >= 0.6 is 0 Å². The highest BCUT2D eigenvalue weighted by atomic mass is 16.2. The van der Waals surface area contributed by atoms with Crippen LogP contribution in [0.5, 0.6) is 0 Å². The highest BCUT2D eigenvalue weighted by molar-refractivity contribution is 5.92. The lowest BCUT2D eigenvalue weighted by molar-refractivity contribution is 0.0886. The minimum Gasteiger partial charge on any atom is -0.350 e. The predicted molar refractivity (Wildman–Crippen MR) is 79.0 cm³/mol. The maximum Gasteiger partial charge on any atom is 0.267 e. The molecule has 1 aliphatic heterocycles. The smallest absolute Gasteiger partial charge is 0.267 e. The van der Waals surface area contributed by atoms with Gasteiger partial charge in [0, 0.05) is 12.6 Å². The summed E-state index contributed by atoms with van der Waals surface area (Å²) in [7, 11) is 2.12. The van der Waals surface area contributed by atoms with E-state index in [1.807, 2.05) is 6.92 Å². The molecule has 110 valence electrons. The molecule has 1 saturated heterocycles. The molecule has 0 aromatic carbocycles. The molecule has 1 amide bonds. The van der Waals surface area contributed by atoms with Crippen LogP contribution < -0.4 is 10.9 Å². The summed E-state index contributed by atoms with van der Waals surface area (Å²) in [5, 5.41) is 2.95. The lowest BCUT2D eigenvalue weighted by Crippen LogP contribution is -2.43. The third-order valence-corrected chi connectivity index (χ3v) is 4.10. The van der Waals surface area contributed by atoms with E-state index in [4.69, 9.17) is 0 Å². The SMILES string of the molecule is Cc1cc(C(=O)NCC2(C)CCN(C)CC2)[nH]c(=O)c1. The van der Waals surface area contributed by atoms with Crippen LogP contribution in [0.3, 0.4) is 0 Å². The fourth-order valence-corrected chi connectivity index (χ4v) is 2.53. The number of nitrogens with one attached hydrogen (secondary N) is 2. The lowest BCUT2D eigenvalue weighted by atomic mass is 9.80. The number of carbonyl (C=O) groups excluding carboxylic acids is 1. The summed E-state index contributed by atoms with van der Waals surface area (Å²) in [5.41, 5.74) is 1.04. The Labute approximate surface area is 119 Å². The van der Waals surface area contributed by atoms with Crippen molar-refractivity contribution in [1.29, 1.82) is 0 Å². The molecular weight excluding hydrogens is 254 g/mol. The van der Waals surface area contributed by atoms with Crippen molar-refractivity contribution in [3.05, 3.63) is 33.7 Å². The molecule has 0 unspecified atom stereocenters. The first-order valence-electron chi connectivity index (χ1n) is 7.06. The van der Waals surface area contributed by atoms with E-state index in [1.54, 1.807) is 6.07 Å². The van der Waals surface area contributed by atoms with Crippen molar-refractivity contribution in [1.82, 2.24) is 15.2 Å². The largest absolute Gasteiger partial charge is 0.350 e. The molecule has 0 atom stereocenters. The van der Waals surface area contributed by atoms with Gasteiger partial charge < -0.3 is 15.2 Å². The molecule has 5 nitrogen and oxygen atoms in total. The molecule has 5 heteroatoms. The molecule has 0 spiro atoms. The number of pyridine rings is 1. The minimum absolute atomic E-state index is 0.145. The molecule has 0 bridgehead atoms. The van der Waals surface area contributed by atoms with Gasteiger partial charge in [-0.15, -0.1) is 0 Å². The van der Waals surface area contributed by atoms with E-state index in [0.29, 0.717) is 12.2 Å². The number of likely N-dealkylation sites (tertiary alicyclic amines) is 1. The van der Waals surface area contributed by atoms with Crippen LogP contribution in [0.25, 0.3) is 0 Å². The van der Waals surface area contributed by atoms with Crippen LogP contribution in [0, 0.1) is 12.3 Å². The van der Waals surface area contributed by atoms with Gasteiger partial charge in [0.1, 0.15) is 5.69 Å². The van der Waals surface area contributed by atoms with Crippen molar-refractivity contribution in [2.24, 2.45) is 5.41 Å². The van der Waals surface area contributed by atoms with Crippen molar-refractivity contribution in [3.8, 4) is 0 Å². The van der Waals surface area contributed by atoms with Crippen molar-refractivity contribution in [2.45, 2.75) is 26.7 Å². The summed E-state index contributed by atoms with van der Waals surface area (Å²) in [6.07, 6.45) is 2.15. The monoisotopic (exact) mass is 277 g/mol. The van der Waals surface area contributed by atoms with E-state index in [1.165, 1.54) is 6.07 Å². The Morgan fingerprint density at radius 3 is 2.65 bits per heavy atom. The minimum atomic E-state index is -0.236. The Bertz CT molecular complexity index is 542. The number of hydrogen-bond acceptors (Lipinski definition) is 3. The Kier molecular flexibility index (Phi) is 4.28. The number of rotatable bonds is 3. The van der Waals surface area contributed by atoms with Gasteiger partial charge in [0.2, 0.25) is 5.56 Å². The zero-order chi connectivity index (χ0) is 14.8. The number of nitrogens with zero attached hydrogens (tertiary/aromatic N) is 1. The molecule has 2 heterocycles. The van der Waals surface area contributed by atoms with E-state index in [-0.39, 0.29) is 16.9 Å². The fourth-order valence-electron chi connectivity index (χ4n) is 2.53. The van der Waals surface area contributed by atoms with Crippen LogP contribution in [0.1, 0.15) is 35.8 Å². The van der Waals surface area contributed by atoms with Crippen molar-refractivity contribution in [3.63, 3.8) is 0 Å². The number of amides is 1. The second-order valence-corrected chi connectivity index (χ2v) is 6.23. The summed E-state index contributed by atoms with van der Waals surface area (Å²) in [6, 6.07) is 3.18. The third kappa shape index (κ3) is 3.70. The topological polar surface area (TPSA) is 65.2 Å². The summed E-state index contributed by atoms with van der Waals surface area (Å²) < 4.78 is 0. The van der Waals surface area contributed by atoms with Crippen LogP contribution in [0.4, 0.5) is 0 Å². The lowest BCUT2D eigenvalue weighted by Gasteiger charge is -2.37. The second kappa shape index (κ2) is 5.79. The van der Waals surface area contributed by atoms with Crippen LogP contribution in [-0.2, 0) is 0 Å². The van der Waals surface area contributed by atoms with E-state index in [9.17, 15) is 9.59 Å². The third-order valence-electron chi connectivity index (χ3n) is 4.10. The molecular formula is C15H23N3O2. The Morgan fingerprint density at radius 2 is 2.05 bits per heavy atom.